The van der Waals surface area contributed by atoms with Crippen LogP contribution >= 0.6 is 7.14 Å². The van der Waals surface area contributed by atoms with Gasteiger partial charge in [-0.3, -0.25) is 9.59 Å². The SMILES string of the molecule is O=C(c1ccccc1)C1CP(=O)(c2ccccc2)CC(C(=O)c2ccccc2)C1c1ccccc1. The molecule has 0 N–H and O–H groups in total. The lowest BCUT2D eigenvalue weighted by Gasteiger charge is -2.41. The van der Waals surface area contributed by atoms with Crippen molar-refractivity contribution >= 4 is 24.0 Å². The summed E-state index contributed by atoms with van der Waals surface area (Å²) in [5, 5.41) is 0.739. The summed E-state index contributed by atoms with van der Waals surface area (Å²) in [7, 11) is -3.03. The van der Waals surface area contributed by atoms with Crippen molar-refractivity contribution in [3.05, 3.63) is 138 Å². The quantitative estimate of drug-likeness (QED) is 0.236. The molecule has 0 radical (unpaired) electrons. The molecule has 4 heteroatoms. The van der Waals surface area contributed by atoms with E-state index < -0.39 is 19.0 Å². The Morgan fingerprint density at radius 1 is 0.543 bits per heavy atom. The van der Waals surface area contributed by atoms with E-state index in [0.29, 0.717) is 11.1 Å². The molecule has 3 nitrogen and oxygen atoms in total. The van der Waals surface area contributed by atoms with E-state index in [2.05, 4.69) is 0 Å². The van der Waals surface area contributed by atoms with Crippen molar-refractivity contribution in [2.45, 2.75) is 5.92 Å². The van der Waals surface area contributed by atoms with E-state index in [-0.39, 0.29) is 29.8 Å². The van der Waals surface area contributed by atoms with E-state index in [4.69, 9.17) is 0 Å². The number of hydrogen-bond donors (Lipinski definition) is 0. The van der Waals surface area contributed by atoms with Crippen LogP contribution in [0, 0.1) is 11.8 Å². The lowest BCUT2D eigenvalue weighted by Crippen LogP contribution is -2.42. The Hall–Kier alpha value is -3.55. The van der Waals surface area contributed by atoms with E-state index in [1.54, 1.807) is 24.3 Å². The minimum atomic E-state index is -3.03. The fourth-order valence-corrected chi connectivity index (χ4v) is 8.74. The number of ketones is 2. The van der Waals surface area contributed by atoms with Crippen molar-refractivity contribution in [3.63, 3.8) is 0 Å². The lowest BCUT2D eigenvalue weighted by molar-refractivity contribution is 0.0830. The minimum absolute atomic E-state index is 0.0545. The molecule has 35 heavy (non-hydrogen) atoms. The molecule has 4 aromatic carbocycles. The fourth-order valence-electron chi connectivity index (χ4n) is 5.39. The highest BCUT2D eigenvalue weighted by atomic mass is 31.2. The van der Waals surface area contributed by atoms with Crippen molar-refractivity contribution in [3.8, 4) is 0 Å². The Labute approximate surface area is 206 Å². The van der Waals surface area contributed by atoms with Crippen LogP contribution in [0.15, 0.2) is 121 Å². The Kier molecular flexibility index (Phi) is 6.61. The first-order valence-electron chi connectivity index (χ1n) is 11.9. The molecule has 0 aromatic heterocycles. The highest BCUT2D eigenvalue weighted by molar-refractivity contribution is 7.71. The molecule has 1 fully saturated rings. The first-order chi connectivity index (χ1) is 17.1. The third kappa shape index (κ3) is 4.70. The van der Waals surface area contributed by atoms with Crippen molar-refractivity contribution < 1.29 is 14.2 Å². The maximum absolute atomic E-state index is 14.6. The van der Waals surface area contributed by atoms with Crippen LogP contribution in [0.4, 0.5) is 0 Å². The van der Waals surface area contributed by atoms with Crippen LogP contribution < -0.4 is 5.30 Å². The van der Waals surface area contributed by atoms with Gasteiger partial charge in [0, 0.05) is 46.5 Å². The first-order valence-corrected chi connectivity index (χ1v) is 14.0. The van der Waals surface area contributed by atoms with Crippen LogP contribution in [0.25, 0.3) is 0 Å². The first kappa shape index (κ1) is 23.2. The van der Waals surface area contributed by atoms with E-state index >= 15 is 0 Å². The van der Waals surface area contributed by atoms with Crippen LogP contribution in [-0.4, -0.2) is 23.9 Å². The molecule has 1 saturated heterocycles. The summed E-state index contributed by atoms with van der Waals surface area (Å²) >= 11 is 0. The maximum Gasteiger partial charge on any atom is 0.167 e. The molecule has 0 aliphatic carbocycles. The molecule has 1 aliphatic heterocycles. The van der Waals surface area contributed by atoms with Crippen molar-refractivity contribution in [2.24, 2.45) is 11.8 Å². The zero-order chi connectivity index (χ0) is 24.3. The van der Waals surface area contributed by atoms with Gasteiger partial charge in [0.05, 0.1) is 0 Å². The molecule has 2 atom stereocenters. The molecule has 0 bridgehead atoms. The van der Waals surface area contributed by atoms with Gasteiger partial charge in [-0.1, -0.05) is 121 Å². The third-order valence-electron chi connectivity index (χ3n) is 7.05. The van der Waals surface area contributed by atoms with Gasteiger partial charge in [-0.2, -0.15) is 0 Å². The summed E-state index contributed by atoms with van der Waals surface area (Å²) in [6, 6.07) is 37.5. The average molecular weight is 479 g/mol. The standard InChI is InChI=1S/C31H27O3P/c32-30(24-15-7-2-8-16-24)27-21-35(34,26-19-11-4-12-20-26)22-28(29(27)23-13-5-1-6-14-23)31(33)25-17-9-3-10-18-25/h1-20,27-29H,21-22H2. The van der Waals surface area contributed by atoms with Gasteiger partial charge in [-0.15, -0.1) is 0 Å². The zero-order valence-electron chi connectivity index (χ0n) is 19.4. The van der Waals surface area contributed by atoms with Gasteiger partial charge in [0.2, 0.25) is 0 Å². The molecular formula is C31H27O3P. The number of hydrogen-bond acceptors (Lipinski definition) is 3. The molecule has 1 aliphatic rings. The van der Waals surface area contributed by atoms with Gasteiger partial charge in [-0.25, -0.2) is 0 Å². The Morgan fingerprint density at radius 3 is 1.34 bits per heavy atom. The van der Waals surface area contributed by atoms with Crippen LogP contribution in [0.1, 0.15) is 32.2 Å². The second kappa shape index (κ2) is 9.98. The lowest BCUT2D eigenvalue weighted by atomic mass is 9.72. The van der Waals surface area contributed by atoms with Gasteiger partial charge in [0.25, 0.3) is 0 Å². The van der Waals surface area contributed by atoms with Crippen LogP contribution in [-0.2, 0) is 4.57 Å². The number of carbonyl (C=O) groups excluding carboxylic acids is 2. The van der Waals surface area contributed by atoms with Crippen molar-refractivity contribution in [1.29, 1.82) is 0 Å². The molecule has 0 spiro atoms. The normalized spacial score (nSPS) is 23.9. The van der Waals surface area contributed by atoms with Gasteiger partial charge < -0.3 is 4.57 Å². The summed E-state index contributed by atoms with van der Waals surface area (Å²) < 4.78 is 14.6. The molecule has 1 heterocycles. The highest BCUT2D eigenvalue weighted by Crippen LogP contribution is 2.58. The smallest absolute Gasteiger partial charge is 0.167 e. The summed E-state index contributed by atoms with van der Waals surface area (Å²) in [5.74, 6) is -1.61. The number of benzene rings is 4. The second-order valence-corrected chi connectivity index (χ2v) is 12.2. The maximum atomic E-state index is 14.6. The van der Waals surface area contributed by atoms with E-state index in [1.807, 2.05) is 97.1 Å². The Bertz CT molecular complexity index is 1290. The largest absolute Gasteiger partial charge is 0.319 e. The molecule has 174 valence electrons. The highest BCUT2D eigenvalue weighted by Gasteiger charge is 2.50. The van der Waals surface area contributed by atoms with Gasteiger partial charge in [0.15, 0.2) is 11.6 Å². The number of Topliss-reactive ketones (excluding diaryl/α,β-unsaturated/α-hetero) is 2. The average Bonchev–Trinajstić information content (AvgIpc) is 2.93. The number of carbonyl (C=O) groups is 2. The van der Waals surface area contributed by atoms with Crippen LogP contribution in [0.5, 0.6) is 0 Å². The fraction of sp³-hybridized carbons (Fsp3) is 0.161. The Balaban J connectivity index is 1.68. The van der Waals surface area contributed by atoms with E-state index in [1.165, 1.54) is 0 Å². The van der Waals surface area contributed by atoms with Gasteiger partial charge >= 0.3 is 0 Å². The van der Waals surface area contributed by atoms with Crippen molar-refractivity contribution in [2.75, 3.05) is 12.3 Å². The summed E-state index contributed by atoms with van der Waals surface area (Å²) in [6.07, 6.45) is 0.506. The van der Waals surface area contributed by atoms with Crippen LogP contribution in [0.2, 0.25) is 0 Å². The summed E-state index contributed by atoms with van der Waals surface area (Å²) in [5.41, 5.74) is 2.12. The van der Waals surface area contributed by atoms with Gasteiger partial charge in [0.1, 0.15) is 7.14 Å². The molecule has 0 amide bonds. The molecule has 4 aromatic rings. The Morgan fingerprint density at radius 2 is 0.914 bits per heavy atom. The summed E-state index contributed by atoms with van der Waals surface area (Å²) in [6.45, 7) is 0. The molecule has 0 saturated carbocycles. The molecule has 5 rings (SSSR count). The minimum Gasteiger partial charge on any atom is -0.319 e. The molecule has 2 unspecified atom stereocenters. The summed E-state index contributed by atoms with van der Waals surface area (Å²) in [4.78, 5) is 27.9. The zero-order valence-corrected chi connectivity index (χ0v) is 20.3. The van der Waals surface area contributed by atoms with Crippen LogP contribution in [0.3, 0.4) is 0 Å². The topological polar surface area (TPSA) is 51.2 Å². The van der Waals surface area contributed by atoms with Gasteiger partial charge in [-0.05, 0) is 5.56 Å². The monoisotopic (exact) mass is 478 g/mol. The molecular weight excluding hydrogens is 451 g/mol. The van der Waals surface area contributed by atoms with E-state index in [0.717, 1.165) is 10.9 Å². The number of rotatable bonds is 6. The second-order valence-electron chi connectivity index (χ2n) is 9.20. The predicted octanol–water partition coefficient (Wildman–Crippen LogP) is 6.47. The predicted molar refractivity (Wildman–Crippen MR) is 141 cm³/mol. The van der Waals surface area contributed by atoms with E-state index in [9.17, 15) is 14.2 Å². The third-order valence-corrected chi connectivity index (χ3v) is 10.3. The van der Waals surface area contributed by atoms with Crippen molar-refractivity contribution in [1.82, 2.24) is 0 Å².